The number of hydrogen-bond donors (Lipinski definition) is 0. The Kier molecular flexibility index (Phi) is 5.27. The lowest BCUT2D eigenvalue weighted by Crippen LogP contribution is -2.49. The highest BCUT2D eigenvalue weighted by molar-refractivity contribution is 5.68. The number of carbonyl (C=O) groups excluding carboxylic acids is 1. The fourth-order valence-electron chi connectivity index (χ4n) is 2.96. The summed E-state index contributed by atoms with van der Waals surface area (Å²) in [5, 5.41) is 7.76. The largest absolute Gasteiger partial charge is 0.444 e. The molecule has 0 spiro atoms. The van der Waals surface area contributed by atoms with Crippen LogP contribution in [0.2, 0.25) is 0 Å². The van der Waals surface area contributed by atoms with Gasteiger partial charge in [-0.1, -0.05) is 12.1 Å². The number of benzene rings is 1. The van der Waals surface area contributed by atoms with Crippen molar-refractivity contribution < 1.29 is 13.9 Å². The first-order valence-corrected chi connectivity index (χ1v) is 8.88. The van der Waals surface area contributed by atoms with E-state index in [9.17, 15) is 4.79 Å². The summed E-state index contributed by atoms with van der Waals surface area (Å²) in [6, 6.07) is 6.30. The van der Waals surface area contributed by atoms with Gasteiger partial charge in [0.2, 0.25) is 12.3 Å². The highest BCUT2D eigenvalue weighted by atomic mass is 16.6. The average Bonchev–Trinajstić information content (AvgIpc) is 3.10. The molecule has 0 unspecified atom stereocenters. The second-order valence-corrected chi connectivity index (χ2v) is 7.64. The van der Waals surface area contributed by atoms with E-state index in [1.165, 1.54) is 12.0 Å². The van der Waals surface area contributed by atoms with Gasteiger partial charge in [0.15, 0.2) is 0 Å². The number of hydrogen-bond acceptors (Lipinski definition) is 6. The third-order valence-corrected chi connectivity index (χ3v) is 4.32. The zero-order valence-electron chi connectivity index (χ0n) is 15.9. The third-order valence-electron chi connectivity index (χ3n) is 4.32. The van der Waals surface area contributed by atoms with E-state index >= 15 is 0 Å². The van der Waals surface area contributed by atoms with Crippen molar-refractivity contribution in [3.63, 3.8) is 0 Å². The monoisotopic (exact) mass is 358 g/mol. The summed E-state index contributed by atoms with van der Waals surface area (Å²) < 4.78 is 10.8. The van der Waals surface area contributed by atoms with Crippen molar-refractivity contribution in [2.24, 2.45) is 0 Å². The molecule has 1 aliphatic heterocycles. The van der Waals surface area contributed by atoms with Crippen molar-refractivity contribution in [1.82, 2.24) is 20.0 Å². The molecule has 1 amide bonds. The number of nitrogens with zero attached hydrogens (tertiary/aromatic N) is 4. The molecule has 0 N–H and O–H groups in total. The molecule has 0 aliphatic carbocycles. The van der Waals surface area contributed by atoms with Crippen LogP contribution in [0, 0.1) is 6.92 Å². The number of aromatic nitrogens is 2. The predicted octanol–water partition coefficient (Wildman–Crippen LogP) is 3.10. The van der Waals surface area contributed by atoms with Gasteiger partial charge in [0.05, 0.1) is 0 Å². The number of aryl methyl sites for hydroxylation is 1. The molecule has 1 aromatic heterocycles. The first-order valence-electron chi connectivity index (χ1n) is 8.88. The van der Waals surface area contributed by atoms with Crippen LogP contribution in [0.3, 0.4) is 0 Å². The van der Waals surface area contributed by atoms with E-state index in [0.29, 0.717) is 19.0 Å². The van der Waals surface area contributed by atoms with Crippen LogP contribution in [0.25, 0.3) is 11.5 Å². The summed E-state index contributed by atoms with van der Waals surface area (Å²) in [4.78, 5) is 16.3. The molecule has 3 rings (SSSR count). The van der Waals surface area contributed by atoms with Gasteiger partial charge < -0.3 is 14.1 Å². The topological polar surface area (TPSA) is 71.7 Å². The van der Waals surface area contributed by atoms with Crippen molar-refractivity contribution in [3.05, 3.63) is 35.7 Å². The molecule has 2 aromatic rings. The number of rotatable bonds is 3. The molecule has 1 saturated heterocycles. The van der Waals surface area contributed by atoms with Crippen LogP contribution in [-0.2, 0) is 11.3 Å². The lowest BCUT2D eigenvalue weighted by atomic mass is 10.0. The van der Waals surface area contributed by atoms with Gasteiger partial charge in [0, 0.05) is 38.3 Å². The van der Waals surface area contributed by atoms with Crippen molar-refractivity contribution in [1.29, 1.82) is 0 Å². The van der Waals surface area contributed by atoms with Gasteiger partial charge in [-0.2, -0.15) is 0 Å². The van der Waals surface area contributed by atoms with Crippen molar-refractivity contribution in [3.8, 4) is 11.5 Å². The van der Waals surface area contributed by atoms with Gasteiger partial charge in [-0.3, -0.25) is 4.90 Å². The molecule has 1 aliphatic rings. The second kappa shape index (κ2) is 7.45. The molecule has 7 heteroatoms. The summed E-state index contributed by atoms with van der Waals surface area (Å²) in [5.41, 5.74) is 2.80. The Bertz CT molecular complexity index is 745. The predicted molar refractivity (Wildman–Crippen MR) is 97.6 cm³/mol. The molecule has 2 heterocycles. The first-order chi connectivity index (χ1) is 12.3. The number of piperazine rings is 1. The van der Waals surface area contributed by atoms with Crippen LogP contribution in [-0.4, -0.2) is 57.9 Å². The number of amides is 1. The highest BCUT2D eigenvalue weighted by Crippen LogP contribution is 2.23. The summed E-state index contributed by atoms with van der Waals surface area (Å²) in [6.07, 6.45) is 1.11. The number of carbonyl (C=O) groups is 1. The van der Waals surface area contributed by atoms with Gasteiger partial charge in [0.1, 0.15) is 5.60 Å². The molecule has 0 saturated carbocycles. The molecule has 0 atom stereocenters. The van der Waals surface area contributed by atoms with Gasteiger partial charge in [0.25, 0.3) is 0 Å². The van der Waals surface area contributed by atoms with E-state index in [4.69, 9.17) is 9.15 Å². The normalized spacial score (nSPS) is 15.9. The van der Waals surface area contributed by atoms with E-state index in [-0.39, 0.29) is 6.09 Å². The lowest BCUT2D eigenvalue weighted by Gasteiger charge is -2.35. The molecule has 7 nitrogen and oxygen atoms in total. The minimum atomic E-state index is -0.457. The lowest BCUT2D eigenvalue weighted by molar-refractivity contribution is 0.0139. The molecule has 0 radical (unpaired) electrons. The Labute approximate surface area is 153 Å². The fourth-order valence-corrected chi connectivity index (χ4v) is 2.96. The summed E-state index contributed by atoms with van der Waals surface area (Å²) in [5.74, 6) is 0.541. The van der Waals surface area contributed by atoms with Gasteiger partial charge in [-0.15, -0.1) is 10.2 Å². The van der Waals surface area contributed by atoms with E-state index < -0.39 is 5.60 Å². The molecule has 140 valence electrons. The third kappa shape index (κ3) is 4.60. The molecule has 0 bridgehead atoms. The van der Waals surface area contributed by atoms with Crippen LogP contribution in [0.5, 0.6) is 0 Å². The van der Waals surface area contributed by atoms with Crippen LogP contribution < -0.4 is 0 Å². The summed E-state index contributed by atoms with van der Waals surface area (Å²) in [6.45, 7) is 11.5. The Morgan fingerprint density at radius 2 is 1.96 bits per heavy atom. The van der Waals surface area contributed by atoms with Crippen LogP contribution in [0.1, 0.15) is 31.9 Å². The standard InChI is InChI=1S/C19H26N4O3/c1-14-5-6-15(11-16(14)17-21-20-13-25-17)12-22-7-9-23(10-8-22)18(24)26-19(2,3)4/h5-6,11,13H,7-10,12H2,1-4H3. The van der Waals surface area contributed by atoms with Crippen molar-refractivity contribution >= 4 is 6.09 Å². The molecular formula is C19H26N4O3. The maximum atomic E-state index is 12.2. The molecule has 1 aromatic carbocycles. The van der Waals surface area contributed by atoms with Gasteiger partial charge in [-0.05, 0) is 44.9 Å². The maximum absolute atomic E-state index is 12.2. The smallest absolute Gasteiger partial charge is 0.410 e. The number of ether oxygens (including phenoxy) is 1. The van der Waals surface area contributed by atoms with Gasteiger partial charge in [-0.25, -0.2) is 4.79 Å². The SMILES string of the molecule is Cc1ccc(CN2CCN(C(=O)OC(C)(C)C)CC2)cc1-c1nnco1. The average molecular weight is 358 g/mol. The zero-order chi connectivity index (χ0) is 18.7. The van der Waals surface area contributed by atoms with Crippen LogP contribution >= 0.6 is 0 Å². The highest BCUT2D eigenvalue weighted by Gasteiger charge is 2.25. The second-order valence-electron chi connectivity index (χ2n) is 7.64. The van der Waals surface area contributed by atoms with E-state index in [1.807, 2.05) is 27.7 Å². The fraction of sp³-hybridized carbons (Fsp3) is 0.526. The van der Waals surface area contributed by atoms with Crippen molar-refractivity contribution in [2.75, 3.05) is 26.2 Å². The van der Waals surface area contributed by atoms with Crippen molar-refractivity contribution in [2.45, 2.75) is 39.8 Å². The van der Waals surface area contributed by atoms with E-state index in [2.05, 4.69) is 33.3 Å². The Morgan fingerprint density at radius 1 is 1.23 bits per heavy atom. The minimum absolute atomic E-state index is 0.230. The van der Waals surface area contributed by atoms with Gasteiger partial charge >= 0.3 is 6.09 Å². The maximum Gasteiger partial charge on any atom is 0.410 e. The van der Waals surface area contributed by atoms with Crippen LogP contribution in [0.4, 0.5) is 4.79 Å². The quantitative estimate of drug-likeness (QED) is 0.840. The zero-order valence-corrected chi connectivity index (χ0v) is 15.9. The Balaban J connectivity index is 1.58. The molecule has 26 heavy (non-hydrogen) atoms. The summed E-state index contributed by atoms with van der Waals surface area (Å²) in [7, 11) is 0. The summed E-state index contributed by atoms with van der Waals surface area (Å²) >= 11 is 0. The molecular weight excluding hydrogens is 332 g/mol. The van der Waals surface area contributed by atoms with Crippen LogP contribution in [0.15, 0.2) is 29.0 Å². The van der Waals surface area contributed by atoms with E-state index in [1.54, 1.807) is 4.90 Å². The molecule has 1 fully saturated rings. The Hall–Kier alpha value is -2.41. The first kappa shape index (κ1) is 18.4. The Morgan fingerprint density at radius 3 is 2.58 bits per heavy atom. The minimum Gasteiger partial charge on any atom is -0.444 e. The van der Waals surface area contributed by atoms with E-state index in [0.717, 1.165) is 30.8 Å².